The highest BCUT2D eigenvalue weighted by Gasteiger charge is 2.17. The molecule has 1 aromatic rings. The lowest BCUT2D eigenvalue weighted by Gasteiger charge is -2.27. The monoisotopic (exact) mass is 393 g/mol. The lowest BCUT2D eigenvalue weighted by molar-refractivity contribution is 0.112. The van der Waals surface area contributed by atoms with Crippen LogP contribution in [0.25, 0.3) is 0 Å². The number of hydrogen-bond acceptors (Lipinski definition) is 7. The van der Waals surface area contributed by atoms with Crippen LogP contribution < -0.4 is 20.7 Å². The second-order valence-corrected chi connectivity index (χ2v) is 7.77. The van der Waals surface area contributed by atoms with Crippen LogP contribution in [0.2, 0.25) is 0 Å². The molecule has 0 heterocycles. The summed E-state index contributed by atoms with van der Waals surface area (Å²) in [5.74, 6) is 1.61. The molecule has 0 aliphatic heterocycles. The molecule has 0 amide bonds. The van der Waals surface area contributed by atoms with E-state index in [4.69, 9.17) is 10.5 Å². The number of aliphatic imine (C=N–C) groups is 1. The van der Waals surface area contributed by atoms with Crippen LogP contribution in [-0.2, 0) is 10.7 Å². The first kappa shape index (κ1) is 23.0. The quantitative estimate of drug-likeness (QED) is 0.176. The summed E-state index contributed by atoms with van der Waals surface area (Å²) in [6, 6.07) is 3.47. The van der Waals surface area contributed by atoms with Gasteiger partial charge in [-0.05, 0) is 38.6 Å². The minimum Gasteiger partial charge on any atom is -0.491 e. The first-order valence-electron chi connectivity index (χ1n) is 8.81. The van der Waals surface area contributed by atoms with Crippen LogP contribution in [0.15, 0.2) is 33.6 Å². The summed E-state index contributed by atoms with van der Waals surface area (Å²) in [5.41, 5.74) is 7.48. The lowest BCUT2D eigenvalue weighted by atomic mass is 10.1. The summed E-state index contributed by atoms with van der Waals surface area (Å²) in [4.78, 5) is 17.5. The third kappa shape index (κ3) is 7.62. The number of anilines is 1. The van der Waals surface area contributed by atoms with Gasteiger partial charge in [-0.1, -0.05) is 12.2 Å². The molecule has 8 heteroatoms. The number of carbonyl (C=O) groups is 1. The fourth-order valence-electron chi connectivity index (χ4n) is 2.50. The summed E-state index contributed by atoms with van der Waals surface area (Å²) < 4.78 is 10.3. The molecule has 0 bridgehead atoms. The van der Waals surface area contributed by atoms with E-state index in [1.54, 1.807) is 12.1 Å². The van der Waals surface area contributed by atoms with Crippen molar-refractivity contribution >= 4 is 35.1 Å². The van der Waals surface area contributed by atoms with Gasteiger partial charge in [0.2, 0.25) is 0 Å². The molecule has 0 aliphatic rings. The number of nitrogens with zero attached hydrogens (tertiary/aromatic N) is 3. The van der Waals surface area contributed by atoms with E-state index in [9.17, 15) is 4.79 Å². The van der Waals surface area contributed by atoms with Crippen LogP contribution >= 0.6 is 0 Å². The Labute approximate surface area is 164 Å². The van der Waals surface area contributed by atoms with Crippen LogP contribution in [0.5, 0.6) is 5.75 Å². The van der Waals surface area contributed by atoms with E-state index in [-0.39, 0.29) is 10.7 Å². The number of benzene rings is 1. The average molecular weight is 394 g/mol. The topological polar surface area (TPSA) is 92.3 Å². The third-order valence-electron chi connectivity index (χ3n) is 3.83. The van der Waals surface area contributed by atoms with Crippen molar-refractivity contribution in [2.75, 3.05) is 57.4 Å². The zero-order valence-corrected chi connectivity index (χ0v) is 17.3. The Morgan fingerprint density at radius 2 is 2.19 bits per heavy atom. The molecule has 150 valence electrons. The van der Waals surface area contributed by atoms with Crippen LogP contribution in [0, 0.1) is 0 Å². The van der Waals surface area contributed by atoms with Crippen molar-refractivity contribution in [3.63, 3.8) is 0 Å². The smallest absolute Gasteiger partial charge is 0.150 e. The molecule has 1 rings (SSSR count). The minimum atomic E-state index is 0.0495. The molecular weight excluding hydrogens is 362 g/mol. The van der Waals surface area contributed by atoms with Gasteiger partial charge in [-0.25, -0.2) is 0 Å². The van der Waals surface area contributed by atoms with Crippen molar-refractivity contribution in [2.24, 2.45) is 15.1 Å². The van der Waals surface area contributed by atoms with Gasteiger partial charge in [-0.15, -0.1) is 10.7 Å². The molecule has 0 fully saturated rings. The van der Waals surface area contributed by atoms with Crippen molar-refractivity contribution in [2.45, 2.75) is 6.42 Å². The number of hydrogen-bond donors (Lipinski definition) is 2. The molecule has 0 saturated heterocycles. The molecule has 3 N–H and O–H groups in total. The molecule has 7 nitrogen and oxygen atoms in total. The van der Waals surface area contributed by atoms with Crippen LogP contribution in [-0.4, -0.2) is 65.5 Å². The van der Waals surface area contributed by atoms with Gasteiger partial charge in [-0.3, -0.25) is 14.1 Å². The average Bonchev–Trinajstić information content (AvgIpc) is 2.69. The Balaban J connectivity index is 3.17. The number of nitrogens with one attached hydrogen (secondary N) is 1. The molecule has 0 spiro atoms. The predicted octanol–water partition coefficient (Wildman–Crippen LogP) is 2.16. The van der Waals surface area contributed by atoms with Crippen molar-refractivity contribution in [1.29, 1.82) is 0 Å². The second-order valence-electron chi connectivity index (χ2n) is 5.79. The second kappa shape index (κ2) is 13.2. The standard InChI is InChI=1S/C19H31N5O2S/c1-21-15-24(9-6-5-8-20)19-17(22-2)12-16(14-25)13-18(19)26-10-7-11-27(4)23-3/h5-6,12-14,21H,2,7-11,15,20H2,1,3-4H3/b6-5+. The van der Waals surface area contributed by atoms with E-state index < -0.39 is 0 Å². The molecule has 0 radical (unpaired) electrons. The molecule has 27 heavy (non-hydrogen) atoms. The molecule has 1 aromatic carbocycles. The van der Waals surface area contributed by atoms with Gasteiger partial charge in [0.05, 0.1) is 19.0 Å². The number of aldehydes is 1. The number of nitrogens with two attached hydrogens (primary N) is 1. The fourth-order valence-corrected chi connectivity index (χ4v) is 3.21. The predicted molar refractivity (Wildman–Crippen MR) is 117 cm³/mol. The van der Waals surface area contributed by atoms with Crippen molar-refractivity contribution in [3.8, 4) is 5.75 Å². The maximum atomic E-state index is 11.3. The van der Waals surface area contributed by atoms with E-state index >= 15 is 0 Å². The molecule has 1 unspecified atom stereocenters. The van der Waals surface area contributed by atoms with Gasteiger partial charge < -0.3 is 20.7 Å². The van der Waals surface area contributed by atoms with Crippen LogP contribution in [0.1, 0.15) is 16.8 Å². The van der Waals surface area contributed by atoms with Gasteiger partial charge in [-0.2, -0.15) is 0 Å². The Morgan fingerprint density at radius 3 is 2.78 bits per heavy atom. The van der Waals surface area contributed by atoms with E-state index in [0.717, 1.165) is 24.1 Å². The van der Waals surface area contributed by atoms with E-state index in [1.807, 2.05) is 26.2 Å². The van der Waals surface area contributed by atoms with Gasteiger partial charge >= 0.3 is 0 Å². The van der Waals surface area contributed by atoms with Gasteiger partial charge in [0, 0.05) is 31.5 Å². The van der Waals surface area contributed by atoms with E-state index in [2.05, 4.69) is 32.5 Å². The Bertz CT molecular complexity index is 676. The first-order chi connectivity index (χ1) is 13.1. The first-order valence-corrected chi connectivity index (χ1v) is 10.6. The van der Waals surface area contributed by atoms with Crippen molar-refractivity contribution in [3.05, 3.63) is 29.8 Å². The summed E-state index contributed by atoms with van der Waals surface area (Å²) >= 11 is 0. The number of rotatable bonds is 13. The summed E-state index contributed by atoms with van der Waals surface area (Å²) in [7, 11) is 3.76. The summed E-state index contributed by atoms with van der Waals surface area (Å²) in [5, 5.41) is 3.15. The Kier molecular flexibility index (Phi) is 11.2. The zero-order chi connectivity index (χ0) is 20.1. The van der Waals surface area contributed by atoms with Crippen molar-refractivity contribution < 1.29 is 9.53 Å². The highest BCUT2D eigenvalue weighted by molar-refractivity contribution is 7.86. The molecular formula is C19H31N5O2S. The van der Waals surface area contributed by atoms with Crippen molar-refractivity contribution in [1.82, 2.24) is 5.32 Å². The summed E-state index contributed by atoms with van der Waals surface area (Å²) in [6.07, 6.45) is 7.68. The highest BCUT2D eigenvalue weighted by atomic mass is 32.2. The minimum absolute atomic E-state index is 0.0495. The number of ether oxygens (including phenoxy) is 1. The van der Waals surface area contributed by atoms with E-state index in [1.165, 1.54) is 0 Å². The molecule has 0 saturated carbocycles. The maximum absolute atomic E-state index is 11.3. The summed E-state index contributed by atoms with van der Waals surface area (Å²) in [6.45, 7) is 5.90. The van der Waals surface area contributed by atoms with E-state index in [0.29, 0.717) is 43.4 Å². The Morgan fingerprint density at radius 1 is 1.41 bits per heavy atom. The van der Waals surface area contributed by atoms with Gasteiger partial charge in [0.15, 0.2) is 0 Å². The largest absolute Gasteiger partial charge is 0.491 e. The highest BCUT2D eigenvalue weighted by Crippen LogP contribution is 2.39. The van der Waals surface area contributed by atoms with Gasteiger partial charge in [0.25, 0.3) is 0 Å². The fraction of sp³-hybridized carbons (Fsp3) is 0.474. The zero-order valence-electron chi connectivity index (χ0n) is 16.5. The molecule has 1 atom stereocenters. The third-order valence-corrected chi connectivity index (χ3v) is 5.33. The van der Waals surface area contributed by atoms with Crippen LogP contribution in [0.4, 0.5) is 11.4 Å². The normalized spacial score (nSPS) is 12.3. The Hall–Kier alpha value is -2.03. The lowest BCUT2D eigenvalue weighted by Crippen LogP contribution is -2.33. The maximum Gasteiger partial charge on any atom is 0.150 e. The molecule has 0 aromatic heterocycles. The number of carbonyl (C=O) groups excluding carboxylic acids is 1. The molecule has 0 aliphatic carbocycles. The van der Waals surface area contributed by atoms with Gasteiger partial charge in [0.1, 0.15) is 17.7 Å². The SMILES string of the molecule is C=Nc1cc(C=O)cc(OCCCS(C)=NC)c1N(C/C=C/CN)CNC. The van der Waals surface area contributed by atoms with Crippen LogP contribution in [0.3, 0.4) is 0 Å².